The monoisotopic (exact) mass is 166 g/mol. The van der Waals surface area contributed by atoms with Crippen molar-refractivity contribution in [1.29, 1.82) is 0 Å². The van der Waals surface area contributed by atoms with E-state index in [9.17, 15) is 5.21 Å². The Bertz CT molecular complexity index is 255. The van der Waals surface area contributed by atoms with Gasteiger partial charge in [-0.05, 0) is 0 Å². The van der Waals surface area contributed by atoms with Crippen LogP contribution in [0.2, 0.25) is 0 Å². The number of nitrogens with two attached hydrogens (primary N) is 2. The van der Waals surface area contributed by atoms with E-state index >= 15 is 0 Å². The number of anilines is 1. The van der Waals surface area contributed by atoms with E-state index in [0.29, 0.717) is 0 Å². The molecule has 0 fully saturated rings. The molecule has 0 aliphatic heterocycles. The zero-order valence-corrected chi connectivity index (χ0v) is 7.85. The summed E-state index contributed by atoms with van der Waals surface area (Å²) in [5.41, 5.74) is 5.15. The molecule has 0 bridgehead atoms. The van der Waals surface area contributed by atoms with Gasteiger partial charge in [0.15, 0.2) is 0 Å². The van der Waals surface area contributed by atoms with Crippen molar-refractivity contribution in [1.82, 2.24) is 14.9 Å². The van der Waals surface area contributed by atoms with Gasteiger partial charge in [-0.3, -0.25) is 0 Å². The fraction of sp³-hybridized carbons (Fsp3) is 0. The predicted octanol–water partition coefficient (Wildman–Crippen LogP) is -5.76. The molecule has 0 radical (unpaired) electrons. The third-order valence-electron chi connectivity index (χ3n) is 0.850. The average Bonchev–Trinajstić information content (AvgIpc) is 2.20. The molecule has 54 valence electrons. The standard InChI is InChI=1S/C2H5N7O.Na/c3-1-5-6-2(7-8-10)9(1)4;/h8H,(H4-,3,4,5,6,7,10);/q;+1. The Morgan fingerprint density at radius 1 is 1.55 bits per heavy atom. The van der Waals surface area contributed by atoms with Crippen molar-refractivity contribution >= 4 is 11.9 Å². The molecule has 0 aliphatic rings. The first kappa shape index (κ1) is 10.1. The Kier molecular flexibility index (Phi) is 3.79. The van der Waals surface area contributed by atoms with Crippen molar-refractivity contribution in [3.63, 3.8) is 0 Å². The van der Waals surface area contributed by atoms with E-state index in [-0.39, 0.29) is 41.5 Å². The van der Waals surface area contributed by atoms with Crippen LogP contribution in [0.4, 0.5) is 11.9 Å². The molecular weight excluding hydrogens is 161 g/mol. The van der Waals surface area contributed by atoms with Crippen molar-refractivity contribution < 1.29 is 34.8 Å². The van der Waals surface area contributed by atoms with Gasteiger partial charge in [0.2, 0.25) is 5.95 Å². The van der Waals surface area contributed by atoms with Gasteiger partial charge < -0.3 is 16.8 Å². The summed E-state index contributed by atoms with van der Waals surface area (Å²) in [7, 11) is 0. The summed E-state index contributed by atoms with van der Waals surface area (Å²) in [6, 6.07) is 0. The van der Waals surface area contributed by atoms with Crippen molar-refractivity contribution in [3.05, 3.63) is 5.21 Å². The molecule has 0 atom stereocenters. The van der Waals surface area contributed by atoms with E-state index < -0.39 is 0 Å². The number of hydrogen-bond acceptors (Lipinski definition) is 6. The number of aromatic nitrogens is 3. The minimum absolute atomic E-state index is 0. The number of nitrogens with one attached hydrogen (secondary N) is 1. The maximum Gasteiger partial charge on any atom is 1.00 e. The number of hydrogen-bond donors (Lipinski definition) is 3. The second-order valence-corrected chi connectivity index (χ2v) is 1.43. The quantitative estimate of drug-likeness (QED) is 0.165. The van der Waals surface area contributed by atoms with Crippen LogP contribution >= 0.6 is 0 Å². The summed E-state index contributed by atoms with van der Waals surface area (Å²) in [4.78, 5) is 0. The predicted molar refractivity (Wildman–Crippen MR) is 31.0 cm³/mol. The third kappa shape index (κ3) is 2.03. The van der Waals surface area contributed by atoms with Crippen LogP contribution in [0.3, 0.4) is 0 Å². The molecule has 1 aromatic rings. The van der Waals surface area contributed by atoms with Crippen LogP contribution in [0.1, 0.15) is 0 Å². The Labute approximate surface area is 83.5 Å². The van der Waals surface area contributed by atoms with Gasteiger partial charge in [-0.15, -0.1) is 10.4 Å². The van der Waals surface area contributed by atoms with Gasteiger partial charge in [0, 0.05) is 5.11 Å². The van der Waals surface area contributed by atoms with Crippen LogP contribution < -0.4 is 46.4 Å². The van der Waals surface area contributed by atoms with E-state index in [1.807, 2.05) is 0 Å². The molecule has 0 spiro atoms. The van der Waals surface area contributed by atoms with Gasteiger partial charge in [-0.1, -0.05) is 5.10 Å². The molecule has 1 rings (SSSR count). The summed E-state index contributed by atoms with van der Waals surface area (Å²) in [6.07, 6.45) is 0. The molecule has 0 unspecified atom stereocenters. The normalized spacial score (nSPS) is 9.82. The SMILES string of the molecule is Nc1nnc(N=[NH+][O-])n1N.[Na+]. The van der Waals surface area contributed by atoms with Crippen molar-refractivity contribution in [2.75, 3.05) is 11.6 Å². The van der Waals surface area contributed by atoms with Gasteiger partial charge in [0.25, 0.3) is 0 Å². The van der Waals surface area contributed by atoms with Crippen molar-refractivity contribution in [2.45, 2.75) is 0 Å². The number of rotatable bonds is 1. The van der Waals surface area contributed by atoms with Crippen LogP contribution in [0.15, 0.2) is 5.11 Å². The van der Waals surface area contributed by atoms with Gasteiger partial charge >= 0.3 is 35.5 Å². The van der Waals surface area contributed by atoms with E-state index in [1.54, 1.807) is 0 Å². The van der Waals surface area contributed by atoms with Crippen molar-refractivity contribution in [2.24, 2.45) is 5.11 Å². The molecule has 5 N–H and O–H groups in total. The molecule has 0 aromatic carbocycles. The van der Waals surface area contributed by atoms with E-state index in [1.165, 1.54) is 5.28 Å². The average molecular weight is 166 g/mol. The van der Waals surface area contributed by atoms with E-state index in [0.717, 1.165) is 4.68 Å². The smallest absolute Gasteiger partial charge is 0.601 e. The van der Waals surface area contributed by atoms with Crippen molar-refractivity contribution in [3.8, 4) is 0 Å². The summed E-state index contributed by atoms with van der Waals surface area (Å²) >= 11 is 0. The minimum Gasteiger partial charge on any atom is -0.601 e. The first-order valence-corrected chi connectivity index (χ1v) is 2.29. The maximum absolute atomic E-state index is 9.67. The first-order chi connectivity index (χ1) is 4.75. The Morgan fingerprint density at radius 2 is 2.18 bits per heavy atom. The minimum atomic E-state index is -0.0625. The molecule has 1 heterocycles. The largest absolute Gasteiger partial charge is 1.00 e. The maximum atomic E-state index is 9.67. The van der Waals surface area contributed by atoms with E-state index in [4.69, 9.17) is 11.6 Å². The summed E-state index contributed by atoms with van der Waals surface area (Å²) in [5.74, 6) is 5.11. The Morgan fingerprint density at radius 3 is 2.55 bits per heavy atom. The zero-order chi connectivity index (χ0) is 7.56. The molecule has 8 nitrogen and oxygen atoms in total. The van der Waals surface area contributed by atoms with Crippen LogP contribution in [0.25, 0.3) is 0 Å². The number of nitrogens with zero attached hydrogens (tertiary/aromatic N) is 4. The van der Waals surface area contributed by atoms with Gasteiger partial charge in [0.1, 0.15) is 0 Å². The van der Waals surface area contributed by atoms with E-state index in [2.05, 4.69) is 15.3 Å². The van der Waals surface area contributed by atoms with Crippen LogP contribution in [-0.4, -0.2) is 14.9 Å². The molecule has 0 saturated heterocycles. The molecule has 9 heteroatoms. The van der Waals surface area contributed by atoms with Crippen LogP contribution in [0.5, 0.6) is 0 Å². The molecular formula is C2H5N7NaO+. The van der Waals surface area contributed by atoms with Crippen LogP contribution in [0, 0.1) is 5.21 Å². The van der Waals surface area contributed by atoms with Gasteiger partial charge in [-0.25, -0.2) is 0 Å². The number of nitrogen functional groups attached to an aromatic ring is 2. The molecule has 11 heavy (non-hydrogen) atoms. The fourth-order valence-electron chi connectivity index (χ4n) is 0.412. The van der Waals surface area contributed by atoms with Gasteiger partial charge in [0.05, 0.1) is 0 Å². The summed E-state index contributed by atoms with van der Waals surface area (Å²) in [6.45, 7) is 0. The molecule has 0 aliphatic carbocycles. The Hall–Kier alpha value is -0.860. The Balaban J connectivity index is 0.000001000. The molecule has 1 aromatic heterocycles. The first-order valence-electron chi connectivity index (χ1n) is 2.29. The zero-order valence-electron chi connectivity index (χ0n) is 5.85. The topological polar surface area (TPSA) is 132 Å². The van der Waals surface area contributed by atoms with Gasteiger partial charge in [-0.2, -0.15) is 4.68 Å². The molecule has 0 saturated carbocycles. The second kappa shape index (κ2) is 4.11. The molecule has 0 amide bonds. The third-order valence-corrected chi connectivity index (χ3v) is 0.850. The summed E-state index contributed by atoms with van der Waals surface area (Å²) < 4.78 is 0.880. The second-order valence-electron chi connectivity index (χ2n) is 1.43. The fourth-order valence-corrected chi connectivity index (χ4v) is 0.412. The summed E-state index contributed by atoms with van der Waals surface area (Å²) in [5, 5.41) is 20.7. The van der Waals surface area contributed by atoms with Crippen LogP contribution in [-0.2, 0) is 0 Å².